The fraction of sp³-hybridized carbons (Fsp3) is 0.130. The van der Waals surface area contributed by atoms with Crippen LogP contribution in [0.2, 0.25) is 0 Å². The first-order valence-corrected chi connectivity index (χ1v) is 9.18. The predicted molar refractivity (Wildman–Crippen MR) is 110 cm³/mol. The van der Waals surface area contributed by atoms with Crippen LogP contribution in [0.3, 0.4) is 0 Å². The Kier molecular flexibility index (Phi) is 5.16. The summed E-state index contributed by atoms with van der Waals surface area (Å²) in [4.78, 5) is 16.2. The summed E-state index contributed by atoms with van der Waals surface area (Å²) in [6.45, 7) is 0.181. The molecule has 0 bridgehead atoms. The molecule has 29 heavy (non-hydrogen) atoms. The van der Waals surface area contributed by atoms with E-state index in [1.54, 1.807) is 17.7 Å². The quantitative estimate of drug-likeness (QED) is 0.509. The lowest BCUT2D eigenvalue weighted by Crippen LogP contribution is -2.10. The van der Waals surface area contributed by atoms with Crippen molar-refractivity contribution in [1.29, 1.82) is 0 Å². The van der Waals surface area contributed by atoms with Crippen LogP contribution in [0.25, 0.3) is 22.4 Å². The van der Waals surface area contributed by atoms with Gasteiger partial charge in [-0.3, -0.25) is 4.79 Å². The van der Waals surface area contributed by atoms with Crippen LogP contribution in [0.1, 0.15) is 5.56 Å². The molecule has 1 N–H and O–H groups in total. The normalized spacial score (nSPS) is 10.8. The van der Waals surface area contributed by atoms with Crippen molar-refractivity contribution in [1.82, 2.24) is 9.55 Å². The van der Waals surface area contributed by atoms with Crippen LogP contribution in [-0.4, -0.2) is 27.7 Å². The minimum absolute atomic E-state index is 0.194. The molecule has 0 radical (unpaired) electrons. The maximum absolute atomic E-state index is 11.5. The third kappa shape index (κ3) is 3.91. The number of carbonyl (C=O) groups is 1. The summed E-state index contributed by atoms with van der Waals surface area (Å²) in [7, 11) is 1.59. The van der Waals surface area contributed by atoms with E-state index in [9.17, 15) is 9.90 Å². The van der Waals surface area contributed by atoms with E-state index < -0.39 is 5.97 Å². The van der Waals surface area contributed by atoms with E-state index in [-0.39, 0.29) is 6.54 Å². The second-order valence-electron chi connectivity index (χ2n) is 6.54. The molecule has 6 heteroatoms. The zero-order chi connectivity index (χ0) is 20.2. The number of nitrogens with zero attached hydrogens (tertiary/aromatic N) is 2. The van der Waals surface area contributed by atoms with Gasteiger partial charge in [-0.25, -0.2) is 4.98 Å². The number of hydrogen-bond acceptors (Lipinski definition) is 4. The highest BCUT2D eigenvalue weighted by molar-refractivity contribution is 5.84. The number of fused-ring (bicyclic) bond motifs is 1. The standard InChI is InChI=1S/C23H20N2O4/c1-28-17-11-12-18(21(13-17)29-15-16-7-3-2-4-8-16)23-24-19-9-5-6-10-20(19)25(23)14-22(26)27/h2-13H,14-15H2,1H3,(H,26,27). The van der Waals surface area contributed by atoms with Crippen LogP contribution in [0.4, 0.5) is 0 Å². The number of aliphatic carboxylic acids is 1. The van der Waals surface area contributed by atoms with Gasteiger partial charge in [0.1, 0.15) is 30.5 Å². The molecule has 1 aromatic heterocycles. The number of rotatable bonds is 7. The Morgan fingerprint density at radius 2 is 1.79 bits per heavy atom. The van der Waals surface area contributed by atoms with Gasteiger partial charge < -0.3 is 19.1 Å². The zero-order valence-electron chi connectivity index (χ0n) is 15.9. The highest BCUT2D eigenvalue weighted by Gasteiger charge is 2.19. The second-order valence-corrected chi connectivity index (χ2v) is 6.54. The number of benzene rings is 3. The van der Waals surface area contributed by atoms with Gasteiger partial charge in [0, 0.05) is 6.07 Å². The Hall–Kier alpha value is -3.80. The van der Waals surface area contributed by atoms with Crippen LogP contribution < -0.4 is 9.47 Å². The average Bonchev–Trinajstić information content (AvgIpc) is 3.10. The molecule has 0 unspecified atom stereocenters. The van der Waals surface area contributed by atoms with Crippen molar-refractivity contribution in [2.75, 3.05) is 7.11 Å². The van der Waals surface area contributed by atoms with Gasteiger partial charge in [-0.05, 0) is 29.8 Å². The molecule has 4 aromatic rings. The first kappa shape index (κ1) is 18.6. The van der Waals surface area contributed by atoms with Crippen molar-refractivity contribution in [3.63, 3.8) is 0 Å². The van der Waals surface area contributed by atoms with E-state index in [0.717, 1.165) is 16.6 Å². The summed E-state index contributed by atoms with van der Waals surface area (Å²) in [5.41, 5.74) is 3.22. The van der Waals surface area contributed by atoms with Gasteiger partial charge in [-0.1, -0.05) is 42.5 Å². The Morgan fingerprint density at radius 1 is 1.03 bits per heavy atom. The molecule has 0 aliphatic heterocycles. The van der Waals surface area contributed by atoms with E-state index in [1.807, 2.05) is 66.7 Å². The number of carboxylic acids is 1. The lowest BCUT2D eigenvalue weighted by atomic mass is 10.1. The van der Waals surface area contributed by atoms with Crippen molar-refractivity contribution in [2.45, 2.75) is 13.2 Å². The fourth-order valence-corrected chi connectivity index (χ4v) is 3.25. The van der Waals surface area contributed by atoms with Crippen molar-refractivity contribution < 1.29 is 19.4 Å². The molecule has 4 rings (SSSR count). The summed E-state index contributed by atoms with van der Waals surface area (Å²) >= 11 is 0. The number of methoxy groups -OCH3 is 1. The highest BCUT2D eigenvalue weighted by Crippen LogP contribution is 2.35. The topological polar surface area (TPSA) is 73.6 Å². The fourth-order valence-electron chi connectivity index (χ4n) is 3.25. The molecule has 0 aliphatic rings. The van der Waals surface area contributed by atoms with Gasteiger partial charge in [0.2, 0.25) is 0 Å². The third-order valence-electron chi connectivity index (χ3n) is 4.61. The zero-order valence-corrected chi connectivity index (χ0v) is 15.9. The highest BCUT2D eigenvalue weighted by atomic mass is 16.5. The van der Waals surface area contributed by atoms with Gasteiger partial charge in [-0.15, -0.1) is 0 Å². The smallest absolute Gasteiger partial charge is 0.323 e. The molecule has 1 heterocycles. The minimum Gasteiger partial charge on any atom is -0.497 e. The molecule has 0 saturated carbocycles. The van der Waals surface area contributed by atoms with E-state index in [4.69, 9.17) is 9.47 Å². The Balaban J connectivity index is 1.81. The van der Waals surface area contributed by atoms with Gasteiger partial charge in [0.25, 0.3) is 0 Å². The molecule has 0 spiro atoms. The first-order valence-electron chi connectivity index (χ1n) is 9.18. The minimum atomic E-state index is -0.935. The summed E-state index contributed by atoms with van der Waals surface area (Å²) in [5, 5.41) is 9.42. The molecular weight excluding hydrogens is 368 g/mol. The number of imidazole rings is 1. The van der Waals surface area contributed by atoms with Gasteiger partial charge in [0.05, 0.1) is 23.7 Å². The monoisotopic (exact) mass is 388 g/mol. The van der Waals surface area contributed by atoms with Crippen LogP contribution >= 0.6 is 0 Å². The SMILES string of the molecule is COc1ccc(-c2nc3ccccc3n2CC(=O)O)c(OCc2ccccc2)c1. The van der Waals surface area contributed by atoms with Crippen LogP contribution in [0, 0.1) is 0 Å². The average molecular weight is 388 g/mol. The lowest BCUT2D eigenvalue weighted by molar-refractivity contribution is -0.137. The predicted octanol–water partition coefficient (Wildman–Crippen LogP) is 4.38. The van der Waals surface area contributed by atoms with Crippen LogP contribution in [0.15, 0.2) is 72.8 Å². The third-order valence-corrected chi connectivity index (χ3v) is 4.61. The number of ether oxygens (including phenoxy) is 2. The Morgan fingerprint density at radius 3 is 2.55 bits per heavy atom. The van der Waals surface area contributed by atoms with Crippen LogP contribution in [0.5, 0.6) is 11.5 Å². The maximum atomic E-state index is 11.5. The van der Waals surface area contributed by atoms with E-state index in [0.29, 0.717) is 29.5 Å². The molecule has 0 aliphatic carbocycles. The summed E-state index contributed by atoms with van der Waals surface area (Å²) in [6.07, 6.45) is 0. The molecular formula is C23H20N2O4. The van der Waals surface area contributed by atoms with E-state index >= 15 is 0 Å². The van der Waals surface area contributed by atoms with E-state index in [1.165, 1.54) is 0 Å². The lowest BCUT2D eigenvalue weighted by Gasteiger charge is -2.14. The maximum Gasteiger partial charge on any atom is 0.323 e. The number of para-hydroxylation sites is 2. The second kappa shape index (κ2) is 8.06. The number of carboxylic acid groups (broad SMARTS) is 1. The van der Waals surface area contributed by atoms with Gasteiger partial charge >= 0.3 is 5.97 Å². The largest absolute Gasteiger partial charge is 0.497 e. The van der Waals surface area contributed by atoms with Crippen molar-refractivity contribution in [3.8, 4) is 22.9 Å². The molecule has 3 aromatic carbocycles. The van der Waals surface area contributed by atoms with Crippen LogP contribution in [-0.2, 0) is 17.9 Å². The van der Waals surface area contributed by atoms with Crippen molar-refractivity contribution >= 4 is 17.0 Å². The first-order chi connectivity index (χ1) is 14.2. The Bertz CT molecular complexity index is 1150. The van der Waals surface area contributed by atoms with Gasteiger partial charge in [-0.2, -0.15) is 0 Å². The van der Waals surface area contributed by atoms with E-state index in [2.05, 4.69) is 4.98 Å². The molecule has 0 atom stereocenters. The summed E-state index contributed by atoms with van der Waals surface area (Å²) in [6, 6.07) is 22.8. The number of hydrogen-bond donors (Lipinski definition) is 1. The number of aromatic nitrogens is 2. The van der Waals surface area contributed by atoms with Crippen molar-refractivity contribution in [3.05, 3.63) is 78.4 Å². The molecule has 146 valence electrons. The van der Waals surface area contributed by atoms with Gasteiger partial charge in [0.15, 0.2) is 0 Å². The molecule has 0 amide bonds. The summed E-state index contributed by atoms with van der Waals surface area (Å²) in [5.74, 6) is 0.835. The summed E-state index contributed by atoms with van der Waals surface area (Å²) < 4.78 is 13.1. The Labute approximate surface area is 168 Å². The molecule has 0 saturated heterocycles. The molecule has 0 fully saturated rings. The van der Waals surface area contributed by atoms with Crippen molar-refractivity contribution in [2.24, 2.45) is 0 Å². The molecule has 6 nitrogen and oxygen atoms in total.